The first-order chi connectivity index (χ1) is 19.6. The Kier molecular flexibility index (Phi) is 12.2. The molecule has 3 aromatic rings. The number of unbranched alkanes of at least 4 members (excludes halogenated alkanes) is 1. The van der Waals surface area contributed by atoms with Gasteiger partial charge in [0.25, 0.3) is 10.0 Å². The topological polar surface area (TPSA) is 96.0 Å². The number of benzene rings is 3. The normalized spacial score (nSPS) is 11.9. The van der Waals surface area contributed by atoms with E-state index >= 15 is 0 Å². The average molecular weight is 710 g/mol. The Morgan fingerprint density at radius 2 is 1.63 bits per heavy atom. The molecule has 0 aromatic heterocycles. The molecule has 0 spiro atoms. The zero-order chi connectivity index (χ0) is 30.0. The monoisotopic (exact) mass is 707 g/mol. The zero-order valence-corrected chi connectivity index (χ0v) is 27.3. The van der Waals surface area contributed by atoms with Crippen LogP contribution in [-0.2, 0) is 26.2 Å². The van der Waals surface area contributed by atoms with Gasteiger partial charge < -0.3 is 15.0 Å². The van der Waals surface area contributed by atoms with Crippen LogP contribution in [-0.4, -0.2) is 50.9 Å². The number of hydrogen-bond donors (Lipinski definition) is 1. The Bertz CT molecular complexity index is 1420. The van der Waals surface area contributed by atoms with Crippen LogP contribution in [0.1, 0.15) is 39.2 Å². The predicted molar refractivity (Wildman–Crippen MR) is 168 cm³/mol. The summed E-state index contributed by atoms with van der Waals surface area (Å²) in [7, 11) is -4.15. The van der Waals surface area contributed by atoms with Crippen LogP contribution in [0, 0.1) is 0 Å². The lowest BCUT2D eigenvalue weighted by Crippen LogP contribution is -2.51. The summed E-state index contributed by atoms with van der Waals surface area (Å²) < 4.78 is 36.0. The summed E-state index contributed by atoms with van der Waals surface area (Å²) in [6, 6.07) is 19.4. The lowest BCUT2D eigenvalue weighted by atomic mass is 10.1. The van der Waals surface area contributed by atoms with Crippen molar-refractivity contribution in [1.82, 2.24) is 10.2 Å². The number of carbonyl (C=O) groups is 2. The summed E-state index contributed by atoms with van der Waals surface area (Å²) >= 11 is 6.80. The van der Waals surface area contributed by atoms with Gasteiger partial charge in [-0.15, -0.1) is 0 Å². The van der Waals surface area contributed by atoms with Crippen LogP contribution < -0.4 is 14.4 Å². The Labute approximate surface area is 259 Å². The Balaban J connectivity index is 2.00. The van der Waals surface area contributed by atoms with E-state index in [9.17, 15) is 18.0 Å². The van der Waals surface area contributed by atoms with Crippen molar-refractivity contribution in [2.24, 2.45) is 0 Å². The molecule has 0 saturated heterocycles. The molecule has 0 saturated carbocycles. The molecule has 0 aliphatic rings. The Morgan fingerprint density at radius 1 is 0.951 bits per heavy atom. The van der Waals surface area contributed by atoms with Crippen LogP contribution in [0.5, 0.6) is 5.75 Å². The van der Waals surface area contributed by atoms with E-state index in [1.807, 2.05) is 38.1 Å². The van der Waals surface area contributed by atoms with Gasteiger partial charge in [-0.25, -0.2) is 8.42 Å². The lowest BCUT2D eigenvalue weighted by molar-refractivity contribution is -0.139. The first-order valence-corrected chi connectivity index (χ1v) is 16.4. The van der Waals surface area contributed by atoms with Gasteiger partial charge in [0, 0.05) is 22.0 Å². The molecule has 1 N–H and O–H groups in total. The van der Waals surface area contributed by atoms with E-state index < -0.39 is 28.5 Å². The van der Waals surface area contributed by atoms with Crippen molar-refractivity contribution in [2.45, 2.75) is 51.1 Å². The molecule has 11 heteroatoms. The number of anilines is 1. The Hall–Kier alpha value is -2.89. The van der Waals surface area contributed by atoms with Crippen LogP contribution in [0.2, 0.25) is 0 Å². The average Bonchev–Trinajstić information content (AvgIpc) is 2.95. The summed E-state index contributed by atoms with van der Waals surface area (Å²) in [6.07, 6.45) is 1.73. The maximum atomic E-state index is 14.0. The minimum absolute atomic E-state index is 0.0336. The molecule has 0 unspecified atom stereocenters. The highest BCUT2D eigenvalue weighted by Gasteiger charge is 2.32. The third-order valence-corrected chi connectivity index (χ3v) is 9.17. The molecule has 0 aliphatic carbocycles. The third-order valence-electron chi connectivity index (χ3n) is 6.36. The first kappa shape index (κ1) is 32.6. The zero-order valence-electron chi connectivity index (χ0n) is 23.3. The maximum Gasteiger partial charge on any atom is 0.264 e. The Morgan fingerprint density at radius 3 is 2.24 bits per heavy atom. The minimum Gasteiger partial charge on any atom is -0.494 e. The van der Waals surface area contributed by atoms with E-state index in [-0.39, 0.29) is 17.3 Å². The van der Waals surface area contributed by atoms with Gasteiger partial charge in [0.2, 0.25) is 11.8 Å². The number of ether oxygens (including phenoxy) is 1. The third kappa shape index (κ3) is 9.05. The van der Waals surface area contributed by atoms with Gasteiger partial charge in [-0.05, 0) is 86.5 Å². The quantitative estimate of drug-likeness (QED) is 0.203. The molecule has 3 aromatic carbocycles. The smallest absolute Gasteiger partial charge is 0.264 e. The molecule has 0 fully saturated rings. The van der Waals surface area contributed by atoms with Crippen LogP contribution in [0.4, 0.5) is 5.69 Å². The summed E-state index contributed by atoms with van der Waals surface area (Å²) in [4.78, 5) is 28.5. The molecule has 2 amide bonds. The predicted octanol–water partition coefficient (Wildman–Crippen LogP) is 6.14. The number of amides is 2. The largest absolute Gasteiger partial charge is 0.494 e. The fraction of sp³-hybridized carbons (Fsp3) is 0.333. The minimum atomic E-state index is -4.15. The lowest BCUT2D eigenvalue weighted by Gasteiger charge is -2.32. The van der Waals surface area contributed by atoms with E-state index in [1.165, 1.54) is 17.0 Å². The van der Waals surface area contributed by atoms with Crippen LogP contribution in [0.3, 0.4) is 0 Å². The molecular formula is C30H35Br2N3O5S. The highest BCUT2D eigenvalue weighted by molar-refractivity contribution is 9.10. The molecule has 220 valence electrons. The number of halogens is 2. The summed E-state index contributed by atoms with van der Waals surface area (Å²) in [6.45, 7) is 6.11. The number of carbonyl (C=O) groups excluding carboxylic acids is 2. The van der Waals surface area contributed by atoms with E-state index in [1.54, 1.807) is 43.3 Å². The number of nitrogens with one attached hydrogen (secondary N) is 1. The maximum absolute atomic E-state index is 14.0. The molecule has 0 bridgehead atoms. The van der Waals surface area contributed by atoms with Crippen molar-refractivity contribution in [3.8, 4) is 5.75 Å². The molecule has 3 rings (SSSR count). The van der Waals surface area contributed by atoms with Gasteiger partial charge >= 0.3 is 0 Å². The fourth-order valence-corrected chi connectivity index (χ4v) is 6.21. The van der Waals surface area contributed by atoms with Crippen molar-refractivity contribution >= 4 is 59.4 Å². The summed E-state index contributed by atoms with van der Waals surface area (Å²) in [5, 5.41) is 2.89. The summed E-state index contributed by atoms with van der Waals surface area (Å²) in [5.41, 5.74) is 1.09. The fourth-order valence-electron chi connectivity index (χ4n) is 4.09. The molecule has 0 aliphatic heterocycles. The molecule has 41 heavy (non-hydrogen) atoms. The van der Waals surface area contributed by atoms with Crippen molar-refractivity contribution in [3.05, 3.63) is 87.3 Å². The highest BCUT2D eigenvalue weighted by Crippen LogP contribution is 2.27. The molecular weight excluding hydrogens is 674 g/mol. The molecule has 0 heterocycles. The van der Waals surface area contributed by atoms with Crippen molar-refractivity contribution < 1.29 is 22.7 Å². The van der Waals surface area contributed by atoms with Crippen LogP contribution in [0.25, 0.3) is 0 Å². The standard InChI is InChI=1S/C30H35Br2N3O5S/c1-4-6-18-33-30(37)22(3)34(20-23-8-7-9-25(32)19-23)29(36)21-35(26-12-14-27(15-13-26)40-5-2)41(38,39)28-16-10-24(31)11-17-28/h7-17,19,22H,4-6,18,20-21H2,1-3H3,(H,33,37)/t22-/m0/s1. The number of sulfonamides is 1. The molecule has 0 radical (unpaired) electrons. The number of nitrogens with zero attached hydrogens (tertiary/aromatic N) is 2. The summed E-state index contributed by atoms with van der Waals surface area (Å²) in [5.74, 6) is -0.236. The van der Waals surface area contributed by atoms with Crippen molar-refractivity contribution in [1.29, 1.82) is 0 Å². The molecule has 8 nitrogen and oxygen atoms in total. The van der Waals surface area contributed by atoms with E-state index in [0.29, 0.717) is 24.6 Å². The second-order valence-corrected chi connectivity index (χ2v) is 13.1. The van der Waals surface area contributed by atoms with Crippen molar-refractivity contribution in [3.63, 3.8) is 0 Å². The first-order valence-electron chi connectivity index (χ1n) is 13.4. The SMILES string of the molecule is CCCCNC(=O)[C@H](C)N(Cc1cccc(Br)c1)C(=O)CN(c1ccc(OCC)cc1)S(=O)(=O)c1ccc(Br)cc1. The molecule has 1 atom stereocenters. The van der Waals surface area contributed by atoms with Gasteiger partial charge in [-0.1, -0.05) is 57.3 Å². The highest BCUT2D eigenvalue weighted by atomic mass is 79.9. The van der Waals surface area contributed by atoms with Gasteiger partial charge in [-0.2, -0.15) is 0 Å². The number of hydrogen-bond acceptors (Lipinski definition) is 5. The van der Waals surface area contributed by atoms with Gasteiger partial charge in [0.05, 0.1) is 17.2 Å². The van der Waals surface area contributed by atoms with Crippen molar-refractivity contribution in [2.75, 3.05) is 24.0 Å². The van der Waals surface area contributed by atoms with Crippen LogP contribution in [0.15, 0.2) is 86.6 Å². The van der Waals surface area contributed by atoms with Gasteiger partial charge in [-0.3, -0.25) is 13.9 Å². The van der Waals surface area contributed by atoms with E-state index in [4.69, 9.17) is 4.74 Å². The van der Waals surface area contributed by atoms with Crippen LogP contribution >= 0.6 is 31.9 Å². The van der Waals surface area contributed by atoms with Gasteiger partial charge in [0.1, 0.15) is 18.3 Å². The van der Waals surface area contributed by atoms with E-state index in [2.05, 4.69) is 37.2 Å². The van der Waals surface area contributed by atoms with E-state index in [0.717, 1.165) is 31.7 Å². The second kappa shape index (κ2) is 15.4. The number of rotatable bonds is 14. The van der Waals surface area contributed by atoms with Gasteiger partial charge in [0.15, 0.2) is 0 Å². The second-order valence-electron chi connectivity index (χ2n) is 9.36.